The molecule has 1 N–H and O–H groups in total. The van der Waals surface area contributed by atoms with Gasteiger partial charge in [0.2, 0.25) is 0 Å². The zero-order valence-electron chi connectivity index (χ0n) is 11.0. The van der Waals surface area contributed by atoms with E-state index in [9.17, 15) is 4.39 Å². The number of likely N-dealkylation sites (N-methyl/N-ethyl adjacent to an activating group) is 1. The van der Waals surface area contributed by atoms with E-state index in [1.165, 1.54) is 6.07 Å². The molecular weight excluding hydrogens is 265 g/mol. The quantitative estimate of drug-likeness (QED) is 0.885. The standard InChI is InChI=1S/C15H17ClFNO/c1-3-18-15(12-6-7-19-10(12)2)9-11-4-5-14(17)13(16)8-11/h4-8,15,18H,3,9H2,1-2H3. The Kier molecular flexibility index (Phi) is 4.61. The summed E-state index contributed by atoms with van der Waals surface area (Å²) in [5.74, 6) is 0.518. The second kappa shape index (κ2) is 6.22. The van der Waals surface area contributed by atoms with Crippen LogP contribution < -0.4 is 5.32 Å². The lowest BCUT2D eigenvalue weighted by molar-refractivity contribution is 0.501. The van der Waals surface area contributed by atoms with Crippen LogP contribution >= 0.6 is 11.6 Å². The van der Waals surface area contributed by atoms with Crippen molar-refractivity contribution in [1.29, 1.82) is 0 Å². The van der Waals surface area contributed by atoms with Gasteiger partial charge >= 0.3 is 0 Å². The average Bonchev–Trinajstić information content (AvgIpc) is 2.79. The maximum Gasteiger partial charge on any atom is 0.141 e. The predicted molar refractivity (Wildman–Crippen MR) is 75.0 cm³/mol. The van der Waals surface area contributed by atoms with Crippen LogP contribution in [0, 0.1) is 12.7 Å². The summed E-state index contributed by atoms with van der Waals surface area (Å²) in [6, 6.07) is 6.96. The average molecular weight is 282 g/mol. The van der Waals surface area contributed by atoms with E-state index in [4.69, 9.17) is 16.0 Å². The zero-order chi connectivity index (χ0) is 13.8. The molecule has 0 saturated carbocycles. The molecule has 19 heavy (non-hydrogen) atoms. The number of hydrogen-bond donors (Lipinski definition) is 1. The minimum absolute atomic E-state index is 0.144. The van der Waals surface area contributed by atoms with Gasteiger partial charge in [-0.2, -0.15) is 0 Å². The number of halogens is 2. The molecule has 1 heterocycles. The number of rotatable bonds is 5. The summed E-state index contributed by atoms with van der Waals surface area (Å²) in [5.41, 5.74) is 2.13. The Morgan fingerprint density at radius 3 is 2.74 bits per heavy atom. The third kappa shape index (κ3) is 3.37. The summed E-state index contributed by atoms with van der Waals surface area (Å²) in [4.78, 5) is 0. The number of furan rings is 1. The molecule has 0 radical (unpaired) electrons. The molecule has 1 atom stereocenters. The maximum atomic E-state index is 13.2. The zero-order valence-corrected chi connectivity index (χ0v) is 11.8. The monoisotopic (exact) mass is 281 g/mol. The Bertz CT molecular complexity index is 553. The Balaban J connectivity index is 2.21. The highest BCUT2D eigenvalue weighted by Crippen LogP contribution is 2.24. The second-order valence-electron chi connectivity index (χ2n) is 4.49. The fourth-order valence-corrected chi connectivity index (χ4v) is 2.40. The van der Waals surface area contributed by atoms with Crippen LogP contribution in [-0.2, 0) is 6.42 Å². The minimum Gasteiger partial charge on any atom is -0.469 e. The summed E-state index contributed by atoms with van der Waals surface area (Å²) >= 11 is 5.82. The molecule has 0 aliphatic carbocycles. The summed E-state index contributed by atoms with van der Waals surface area (Å²) in [6.07, 6.45) is 2.43. The first kappa shape index (κ1) is 14.1. The fraction of sp³-hybridized carbons (Fsp3) is 0.333. The van der Waals surface area contributed by atoms with Crippen LogP contribution in [0.15, 0.2) is 34.9 Å². The van der Waals surface area contributed by atoms with Gasteiger partial charge in [0.15, 0.2) is 0 Å². The van der Waals surface area contributed by atoms with Gasteiger partial charge in [0, 0.05) is 11.6 Å². The molecule has 0 saturated heterocycles. The lowest BCUT2D eigenvalue weighted by Crippen LogP contribution is -2.23. The lowest BCUT2D eigenvalue weighted by atomic mass is 9.99. The van der Waals surface area contributed by atoms with Gasteiger partial charge in [0.25, 0.3) is 0 Å². The lowest BCUT2D eigenvalue weighted by Gasteiger charge is -2.17. The topological polar surface area (TPSA) is 25.2 Å². The summed E-state index contributed by atoms with van der Waals surface area (Å²) < 4.78 is 18.5. The molecule has 1 aromatic carbocycles. The minimum atomic E-state index is -0.384. The molecular formula is C15H17ClFNO. The van der Waals surface area contributed by atoms with Gasteiger partial charge < -0.3 is 9.73 Å². The molecule has 102 valence electrons. The Morgan fingerprint density at radius 2 is 2.16 bits per heavy atom. The first-order valence-corrected chi connectivity index (χ1v) is 6.71. The van der Waals surface area contributed by atoms with Crippen molar-refractivity contribution in [3.63, 3.8) is 0 Å². The molecule has 0 bridgehead atoms. The number of aryl methyl sites for hydroxylation is 1. The highest BCUT2D eigenvalue weighted by molar-refractivity contribution is 6.30. The van der Waals surface area contributed by atoms with E-state index in [1.54, 1.807) is 18.4 Å². The molecule has 4 heteroatoms. The first-order chi connectivity index (χ1) is 9.11. The van der Waals surface area contributed by atoms with Crippen molar-refractivity contribution in [3.8, 4) is 0 Å². The highest BCUT2D eigenvalue weighted by Gasteiger charge is 2.16. The van der Waals surface area contributed by atoms with E-state index < -0.39 is 0 Å². The maximum absolute atomic E-state index is 13.2. The summed E-state index contributed by atoms with van der Waals surface area (Å²) in [7, 11) is 0. The van der Waals surface area contributed by atoms with Crippen molar-refractivity contribution in [2.24, 2.45) is 0 Å². The smallest absolute Gasteiger partial charge is 0.141 e. The Hall–Kier alpha value is -1.32. The second-order valence-corrected chi connectivity index (χ2v) is 4.90. The molecule has 1 aromatic heterocycles. The van der Waals surface area contributed by atoms with Crippen molar-refractivity contribution in [2.75, 3.05) is 6.54 Å². The molecule has 1 unspecified atom stereocenters. The van der Waals surface area contributed by atoms with Gasteiger partial charge in [-0.1, -0.05) is 24.6 Å². The SMILES string of the molecule is CCNC(Cc1ccc(F)c(Cl)c1)c1ccoc1C. The first-order valence-electron chi connectivity index (χ1n) is 6.33. The Morgan fingerprint density at radius 1 is 1.37 bits per heavy atom. The molecule has 0 aliphatic heterocycles. The van der Waals surface area contributed by atoms with Crippen molar-refractivity contribution in [2.45, 2.75) is 26.3 Å². The third-order valence-electron chi connectivity index (χ3n) is 3.15. The molecule has 2 nitrogen and oxygen atoms in total. The van der Waals surface area contributed by atoms with Crippen LogP contribution in [0.3, 0.4) is 0 Å². The van der Waals surface area contributed by atoms with E-state index in [1.807, 2.05) is 13.0 Å². The van der Waals surface area contributed by atoms with Gasteiger partial charge in [-0.3, -0.25) is 0 Å². The molecule has 2 rings (SSSR count). The van der Waals surface area contributed by atoms with Crippen LogP contribution in [0.2, 0.25) is 5.02 Å². The number of benzene rings is 1. The van der Waals surface area contributed by atoms with Crippen molar-refractivity contribution >= 4 is 11.6 Å². The van der Waals surface area contributed by atoms with Gasteiger partial charge in [-0.15, -0.1) is 0 Å². The highest BCUT2D eigenvalue weighted by atomic mass is 35.5. The Labute approximate surface area is 117 Å². The molecule has 0 amide bonds. The molecule has 2 aromatic rings. The molecule has 0 aliphatic rings. The van der Waals surface area contributed by atoms with E-state index >= 15 is 0 Å². The van der Waals surface area contributed by atoms with Crippen LogP contribution in [0.4, 0.5) is 4.39 Å². The van der Waals surface area contributed by atoms with Gasteiger partial charge in [0.1, 0.15) is 11.6 Å². The normalized spacial score (nSPS) is 12.6. The van der Waals surface area contributed by atoms with Crippen LogP contribution in [0.25, 0.3) is 0 Å². The molecule has 0 spiro atoms. The van der Waals surface area contributed by atoms with E-state index in [0.29, 0.717) is 0 Å². The van der Waals surface area contributed by atoms with E-state index in [2.05, 4.69) is 12.2 Å². The fourth-order valence-electron chi connectivity index (χ4n) is 2.20. The predicted octanol–water partition coefficient (Wildman–Crippen LogP) is 4.27. The van der Waals surface area contributed by atoms with Crippen LogP contribution in [0.5, 0.6) is 0 Å². The summed E-state index contributed by atoms with van der Waals surface area (Å²) in [6.45, 7) is 4.85. The van der Waals surface area contributed by atoms with E-state index in [0.717, 1.165) is 29.9 Å². The number of hydrogen-bond acceptors (Lipinski definition) is 2. The third-order valence-corrected chi connectivity index (χ3v) is 3.44. The van der Waals surface area contributed by atoms with E-state index in [-0.39, 0.29) is 16.9 Å². The largest absolute Gasteiger partial charge is 0.469 e. The van der Waals surface area contributed by atoms with Crippen molar-refractivity contribution in [3.05, 3.63) is 58.3 Å². The van der Waals surface area contributed by atoms with Crippen LogP contribution in [0.1, 0.15) is 29.9 Å². The van der Waals surface area contributed by atoms with Crippen LogP contribution in [-0.4, -0.2) is 6.54 Å². The van der Waals surface area contributed by atoms with Gasteiger partial charge in [-0.25, -0.2) is 4.39 Å². The van der Waals surface area contributed by atoms with Crippen molar-refractivity contribution in [1.82, 2.24) is 5.32 Å². The van der Waals surface area contributed by atoms with Gasteiger partial charge in [-0.05, 0) is 43.7 Å². The van der Waals surface area contributed by atoms with Crippen molar-refractivity contribution < 1.29 is 8.81 Å². The molecule has 0 fully saturated rings. The number of nitrogens with one attached hydrogen (secondary N) is 1. The summed E-state index contributed by atoms with van der Waals surface area (Å²) in [5, 5.41) is 3.58. The van der Waals surface area contributed by atoms with Gasteiger partial charge in [0.05, 0.1) is 11.3 Å².